The van der Waals surface area contributed by atoms with Crippen molar-refractivity contribution >= 4 is 0 Å². The average molecular weight is 374 g/mol. The Morgan fingerprint density at radius 3 is 2.69 bits per heavy atom. The summed E-state index contributed by atoms with van der Waals surface area (Å²) in [5.74, 6) is -2.37. The largest absolute Gasteiger partial charge is 0.493 e. The van der Waals surface area contributed by atoms with Crippen molar-refractivity contribution in [1.82, 2.24) is 0 Å². The van der Waals surface area contributed by atoms with Crippen LogP contribution in [0.5, 0.6) is 17.2 Å². The van der Waals surface area contributed by atoms with Crippen molar-refractivity contribution in [3.8, 4) is 17.2 Å². The van der Waals surface area contributed by atoms with Gasteiger partial charge in [-0.1, -0.05) is 18.5 Å². The molecule has 0 aliphatic carbocycles. The van der Waals surface area contributed by atoms with Crippen LogP contribution in [0.25, 0.3) is 0 Å². The van der Waals surface area contributed by atoms with E-state index in [0.717, 1.165) is 0 Å². The third kappa shape index (κ3) is 5.95. The molecule has 0 saturated heterocycles. The molecule has 0 radical (unpaired) electrons. The topological polar surface area (TPSA) is 47.9 Å². The number of aliphatic hydroxyl groups is 1. The SMILES string of the molecule is [2H]c1c([2H])c(OCC([2H])(O)CCCC([2H])([2H])c2c([2H])c([2H])c(OC([2H])([2H])[2H])c(OC([2H])([2H])[2H])c2[2H])c([2H])c(C)c1C. The van der Waals surface area contributed by atoms with E-state index >= 15 is 0 Å². The molecule has 1 unspecified atom stereocenters. The van der Waals surface area contributed by atoms with E-state index in [0.29, 0.717) is 11.1 Å². The second kappa shape index (κ2) is 10.1. The minimum Gasteiger partial charge on any atom is -0.493 e. The molecule has 4 heteroatoms. The molecular formula is C22H30O4. The van der Waals surface area contributed by atoms with Gasteiger partial charge in [-0.05, 0) is 73.9 Å². The molecule has 0 fully saturated rings. The maximum absolute atomic E-state index is 10.5. The summed E-state index contributed by atoms with van der Waals surface area (Å²) < 4.78 is 132. The molecule has 0 bridgehead atoms. The molecule has 0 heterocycles. The first-order valence-corrected chi connectivity index (χ1v) is 7.84. The van der Waals surface area contributed by atoms with Gasteiger partial charge in [-0.2, -0.15) is 0 Å². The van der Waals surface area contributed by atoms with E-state index in [9.17, 15) is 5.11 Å². The summed E-state index contributed by atoms with van der Waals surface area (Å²) in [5.41, 5.74) is 0.0331. The van der Waals surface area contributed by atoms with Crippen molar-refractivity contribution < 1.29 is 39.9 Å². The highest BCUT2D eigenvalue weighted by Crippen LogP contribution is 2.28. The van der Waals surface area contributed by atoms with E-state index in [1.54, 1.807) is 13.8 Å². The molecule has 2 aromatic carbocycles. The van der Waals surface area contributed by atoms with Gasteiger partial charge in [0, 0.05) is 2.74 Å². The van der Waals surface area contributed by atoms with Crippen LogP contribution < -0.4 is 14.2 Å². The first kappa shape index (κ1) is 7.81. The molecule has 2 rings (SSSR count). The lowest BCUT2D eigenvalue weighted by molar-refractivity contribution is 0.0976. The van der Waals surface area contributed by atoms with Crippen LogP contribution in [-0.2, 0) is 6.37 Å². The zero-order valence-corrected chi connectivity index (χ0v) is 14.5. The molecule has 1 N–H and O–H groups in total. The van der Waals surface area contributed by atoms with Crippen molar-refractivity contribution in [2.45, 2.75) is 45.6 Å². The van der Waals surface area contributed by atoms with Crippen LogP contribution in [0.15, 0.2) is 36.3 Å². The third-order valence-electron chi connectivity index (χ3n) is 3.50. The fourth-order valence-corrected chi connectivity index (χ4v) is 1.95. The Balaban J connectivity index is 2.31. The molecule has 0 aromatic heterocycles. The van der Waals surface area contributed by atoms with Crippen LogP contribution in [0.2, 0.25) is 0 Å². The molecule has 0 aliphatic rings. The van der Waals surface area contributed by atoms with Gasteiger partial charge in [-0.25, -0.2) is 0 Å². The van der Waals surface area contributed by atoms with E-state index in [2.05, 4.69) is 4.74 Å². The van der Waals surface area contributed by atoms with Crippen molar-refractivity contribution in [2.75, 3.05) is 20.7 Å². The minimum absolute atomic E-state index is 0.168. The van der Waals surface area contributed by atoms with E-state index in [4.69, 9.17) is 30.0 Å². The Labute approximate surface area is 177 Å². The maximum Gasteiger partial charge on any atom is 0.160 e. The zero-order valence-electron chi connectivity index (χ0n) is 29.5. The highest BCUT2D eigenvalue weighted by atomic mass is 16.5. The highest BCUT2D eigenvalue weighted by molar-refractivity contribution is 5.42. The molecule has 4 nitrogen and oxygen atoms in total. The Kier molecular flexibility index (Phi) is 3.03. The molecule has 0 aliphatic heterocycles. The van der Waals surface area contributed by atoms with E-state index in [-0.39, 0.29) is 30.3 Å². The van der Waals surface area contributed by atoms with Crippen molar-refractivity contribution in [3.05, 3.63) is 52.9 Å². The normalized spacial score (nSPS) is 23.0. The van der Waals surface area contributed by atoms with Gasteiger partial charge >= 0.3 is 0 Å². The molecule has 142 valence electrons. The minimum atomic E-state index is -3.24. The van der Waals surface area contributed by atoms with Gasteiger partial charge < -0.3 is 19.3 Å². The lowest BCUT2D eigenvalue weighted by Crippen LogP contribution is -2.17. The van der Waals surface area contributed by atoms with Crippen molar-refractivity contribution in [2.24, 2.45) is 0 Å². The van der Waals surface area contributed by atoms with Crippen LogP contribution in [0.4, 0.5) is 0 Å². The molecular weight excluding hydrogens is 328 g/mol. The molecule has 2 aromatic rings. The summed E-state index contributed by atoms with van der Waals surface area (Å²) in [5, 5.41) is 10.5. The maximum atomic E-state index is 10.5. The number of hydrogen-bond donors (Lipinski definition) is 1. The Bertz CT molecular complexity index is 1260. The predicted octanol–water partition coefficient (Wildman–Crippen LogP) is 4.47. The fourth-order valence-electron chi connectivity index (χ4n) is 1.95. The van der Waals surface area contributed by atoms with E-state index in [1.165, 1.54) is 0 Å². The Hall–Kier alpha value is -2.20. The Morgan fingerprint density at radius 2 is 1.88 bits per heavy atom. The van der Waals surface area contributed by atoms with Gasteiger partial charge in [0.25, 0.3) is 0 Å². The molecule has 0 amide bonds. The molecule has 0 saturated carbocycles. The summed E-state index contributed by atoms with van der Waals surface area (Å²) in [4.78, 5) is 0. The van der Waals surface area contributed by atoms with Crippen molar-refractivity contribution in [1.29, 1.82) is 0 Å². The van der Waals surface area contributed by atoms with Crippen LogP contribution in [0, 0.1) is 13.8 Å². The first-order chi connectivity index (χ1) is 18.4. The molecule has 0 spiro atoms. The van der Waals surface area contributed by atoms with Gasteiger partial charge in [0.05, 0.1) is 38.0 Å². The fraction of sp³-hybridized carbons (Fsp3) is 0.455. The number of ether oxygens (including phenoxy) is 3. The third-order valence-corrected chi connectivity index (χ3v) is 3.50. The quantitative estimate of drug-likeness (QED) is 0.667. The van der Waals surface area contributed by atoms with Gasteiger partial charge in [0.15, 0.2) is 11.5 Å². The zero-order chi connectivity index (χ0) is 31.9. The second-order valence-electron chi connectivity index (χ2n) is 5.45. The second-order valence-corrected chi connectivity index (χ2v) is 5.45. The van der Waals surface area contributed by atoms with Crippen LogP contribution in [0.3, 0.4) is 0 Å². The predicted molar refractivity (Wildman–Crippen MR) is 105 cm³/mol. The van der Waals surface area contributed by atoms with Crippen LogP contribution >= 0.6 is 0 Å². The number of hydrogen-bond acceptors (Lipinski definition) is 4. The summed E-state index contributed by atoms with van der Waals surface area (Å²) in [6, 6.07) is -3.69. The first-order valence-electron chi connectivity index (χ1n) is 15.3. The summed E-state index contributed by atoms with van der Waals surface area (Å²) in [6.07, 6.45) is -6.14. The molecule has 26 heavy (non-hydrogen) atoms. The van der Waals surface area contributed by atoms with Crippen LogP contribution in [0.1, 0.15) is 56.5 Å². The van der Waals surface area contributed by atoms with Crippen LogP contribution in [-0.4, -0.2) is 31.9 Å². The molecule has 1 atom stereocenters. The van der Waals surface area contributed by atoms with Gasteiger partial charge in [-0.3, -0.25) is 0 Å². The van der Waals surface area contributed by atoms with Gasteiger partial charge in [0.2, 0.25) is 0 Å². The van der Waals surface area contributed by atoms with Gasteiger partial charge in [-0.15, -0.1) is 0 Å². The number of methoxy groups -OCH3 is 2. The smallest absolute Gasteiger partial charge is 0.160 e. The number of rotatable bonds is 10. The monoisotopic (exact) mass is 373 g/mol. The number of benzene rings is 2. The van der Waals surface area contributed by atoms with Gasteiger partial charge in [0.1, 0.15) is 12.4 Å². The average Bonchev–Trinajstić information content (AvgIpc) is 2.80. The van der Waals surface area contributed by atoms with E-state index < -0.39 is 81.2 Å². The summed E-state index contributed by atoms with van der Waals surface area (Å²) >= 11 is 0. The lowest BCUT2D eigenvalue weighted by Gasteiger charge is -2.13. The van der Waals surface area contributed by atoms with Crippen molar-refractivity contribution in [3.63, 3.8) is 0 Å². The summed E-state index contributed by atoms with van der Waals surface area (Å²) in [6.45, 7) is 2.42. The highest BCUT2D eigenvalue weighted by Gasteiger charge is 2.07. The lowest BCUT2D eigenvalue weighted by atomic mass is 10.0. The van der Waals surface area contributed by atoms with E-state index in [1.807, 2.05) is 0 Å². The Morgan fingerprint density at radius 1 is 1.08 bits per heavy atom. The standard InChI is InChI=1S/C22H30O4/c1-16-9-11-20(13-17(16)2)26-15-19(23)8-6-5-7-18-10-12-21(24-3)22(14-18)25-4/h9-14,19,23H,5-8,15H2,1-4H3/i3D3,4D3,7D2,9D,10D,11D,12D,13D,14D,19D. The summed E-state index contributed by atoms with van der Waals surface area (Å²) in [7, 11) is -6.44.